The van der Waals surface area contributed by atoms with Crippen LogP contribution in [0.2, 0.25) is 0 Å². The summed E-state index contributed by atoms with van der Waals surface area (Å²) in [6, 6.07) is 4.73. The molecule has 88 valence electrons. The number of aromatic nitrogens is 1. The lowest BCUT2D eigenvalue weighted by molar-refractivity contribution is -0.133. The van der Waals surface area contributed by atoms with E-state index in [-0.39, 0.29) is 0 Å². The van der Waals surface area contributed by atoms with Crippen LogP contribution in [0.25, 0.3) is 11.1 Å². The van der Waals surface area contributed by atoms with E-state index in [1.807, 2.05) is 0 Å². The highest BCUT2D eigenvalue weighted by atomic mass is 16.4. The number of oxazole rings is 1. The lowest BCUT2D eigenvalue weighted by Gasteiger charge is -2.01. The molecular weight excluding hydrogens is 224 g/mol. The van der Waals surface area contributed by atoms with Crippen LogP contribution >= 0.6 is 0 Å². The van der Waals surface area contributed by atoms with Crippen LogP contribution in [0.5, 0.6) is 0 Å². The Morgan fingerprint density at radius 3 is 2.71 bits per heavy atom. The third kappa shape index (κ3) is 1.96. The Kier molecular flexibility index (Phi) is 2.55. The van der Waals surface area contributed by atoms with Crippen molar-refractivity contribution in [1.29, 1.82) is 0 Å². The van der Waals surface area contributed by atoms with Crippen LogP contribution < -0.4 is 11.1 Å². The number of nitrogens with one attached hydrogen (secondary N) is 1. The number of Topliss-reactive ketones (excluding diaryl/α,β-unsaturated/α-hetero) is 1. The number of carbonyl (C=O) groups is 2. The van der Waals surface area contributed by atoms with Gasteiger partial charge in [-0.05, 0) is 12.1 Å². The quantitative estimate of drug-likeness (QED) is 0.774. The summed E-state index contributed by atoms with van der Waals surface area (Å²) in [5.74, 6) is -1.77. The van der Waals surface area contributed by atoms with Crippen LogP contribution in [0, 0.1) is 0 Å². The Morgan fingerprint density at radius 1 is 1.35 bits per heavy atom. The van der Waals surface area contributed by atoms with Crippen LogP contribution in [0.1, 0.15) is 6.92 Å². The van der Waals surface area contributed by atoms with E-state index in [0.29, 0.717) is 16.8 Å². The minimum atomic E-state index is -0.706. The maximum Gasteiger partial charge on any atom is 0.419 e. The summed E-state index contributed by atoms with van der Waals surface area (Å²) in [7, 11) is 1.59. The molecule has 0 atom stereocenters. The monoisotopic (exact) mass is 234 g/mol. The third-order valence-electron chi connectivity index (χ3n) is 2.37. The van der Waals surface area contributed by atoms with Crippen molar-refractivity contribution in [2.45, 2.75) is 6.92 Å². The van der Waals surface area contributed by atoms with Gasteiger partial charge in [0.15, 0.2) is 5.58 Å². The Balaban J connectivity index is 2.42. The van der Waals surface area contributed by atoms with E-state index in [1.165, 1.54) is 17.6 Å². The van der Waals surface area contributed by atoms with Crippen LogP contribution in [0.15, 0.2) is 27.4 Å². The van der Waals surface area contributed by atoms with E-state index < -0.39 is 17.4 Å². The number of carbonyl (C=O) groups excluding carboxylic acids is 2. The number of nitrogens with zero attached hydrogens (tertiary/aromatic N) is 1. The normalized spacial score (nSPS) is 10.5. The van der Waals surface area contributed by atoms with Crippen molar-refractivity contribution in [3.63, 3.8) is 0 Å². The Morgan fingerprint density at radius 2 is 2.06 bits per heavy atom. The van der Waals surface area contributed by atoms with Crippen molar-refractivity contribution in [2.75, 3.05) is 5.32 Å². The molecule has 1 N–H and O–H groups in total. The van der Waals surface area contributed by atoms with Gasteiger partial charge in [-0.15, -0.1) is 0 Å². The molecule has 0 aliphatic carbocycles. The number of amides is 1. The average Bonchev–Trinajstić information content (AvgIpc) is 2.54. The fourth-order valence-electron chi connectivity index (χ4n) is 1.43. The summed E-state index contributed by atoms with van der Waals surface area (Å²) in [5.41, 5.74) is 1.39. The minimum Gasteiger partial charge on any atom is -0.408 e. The Hall–Kier alpha value is -2.37. The molecule has 0 radical (unpaired) electrons. The van der Waals surface area contributed by atoms with Gasteiger partial charge in [0.25, 0.3) is 5.91 Å². The van der Waals surface area contributed by atoms with Gasteiger partial charge in [0.1, 0.15) is 0 Å². The number of benzene rings is 1. The maximum absolute atomic E-state index is 11.2. The molecule has 17 heavy (non-hydrogen) atoms. The molecule has 1 amide bonds. The smallest absolute Gasteiger partial charge is 0.408 e. The number of fused-ring (bicyclic) bond motifs is 1. The molecular formula is C11H10N2O4. The number of hydrogen-bond acceptors (Lipinski definition) is 4. The molecule has 1 aromatic carbocycles. The lowest BCUT2D eigenvalue weighted by atomic mass is 10.2. The maximum atomic E-state index is 11.2. The van der Waals surface area contributed by atoms with Crippen LogP contribution in [0.3, 0.4) is 0 Å². The minimum absolute atomic E-state index is 0.360. The zero-order chi connectivity index (χ0) is 12.6. The van der Waals surface area contributed by atoms with Crippen molar-refractivity contribution in [1.82, 2.24) is 4.57 Å². The first kappa shape index (κ1) is 11.1. The first-order chi connectivity index (χ1) is 7.99. The molecule has 0 saturated heterocycles. The van der Waals surface area contributed by atoms with Crippen molar-refractivity contribution < 1.29 is 14.0 Å². The highest BCUT2D eigenvalue weighted by Gasteiger charge is 2.10. The fourth-order valence-corrected chi connectivity index (χ4v) is 1.43. The molecule has 0 fully saturated rings. The van der Waals surface area contributed by atoms with Crippen LogP contribution in [-0.2, 0) is 16.6 Å². The molecule has 0 spiro atoms. The Bertz CT molecular complexity index is 666. The van der Waals surface area contributed by atoms with Crippen molar-refractivity contribution in [3.8, 4) is 0 Å². The summed E-state index contributed by atoms with van der Waals surface area (Å²) in [6.45, 7) is 1.18. The molecule has 0 unspecified atom stereocenters. The van der Waals surface area contributed by atoms with Crippen molar-refractivity contribution in [3.05, 3.63) is 28.7 Å². The lowest BCUT2D eigenvalue weighted by Crippen LogP contribution is -2.19. The summed E-state index contributed by atoms with van der Waals surface area (Å²) < 4.78 is 6.31. The van der Waals surface area contributed by atoms with Gasteiger partial charge in [-0.3, -0.25) is 14.2 Å². The van der Waals surface area contributed by atoms with E-state index in [0.717, 1.165) is 0 Å². The van der Waals surface area contributed by atoms with Crippen LogP contribution in [-0.4, -0.2) is 16.3 Å². The summed E-state index contributed by atoms with van der Waals surface area (Å²) in [4.78, 5) is 33.2. The van der Waals surface area contributed by atoms with Gasteiger partial charge in [-0.1, -0.05) is 0 Å². The molecule has 1 heterocycles. The topological polar surface area (TPSA) is 81.3 Å². The van der Waals surface area contributed by atoms with Gasteiger partial charge >= 0.3 is 5.76 Å². The first-order valence-corrected chi connectivity index (χ1v) is 4.90. The summed E-state index contributed by atoms with van der Waals surface area (Å²) in [5, 5.41) is 2.40. The van der Waals surface area contributed by atoms with Crippen LogP contribution in [0.4, 0.5) is 5.69 Å². The van der Waals surface area contributed by atoms with Gasteiger partial charge in [-0.25, -0.2) is 4.79 Å². The molecule has 1 aromatic heterocycles. The predicted molar refractivity (Wildman–Crippen MR) is 60.8 cm³/mol. The number of anilines is 1. The van der Waals surface area contributed by atoms with Gasteiger partial charge in [0.2, 0.25) is 5.78 Å². The fraction of sp³-hybridized carbons (Fsp3) is 0.182. The summed E-state index contributed by atoms with van der Waals surface area (Å²) >= 11 is 0. The molecule has 6 nitrogen and oxygen atoms in total. The SMILES string of the molecule is CC(=O)C(=O)Nc1ccc2c(c1)oc(=O)n2C. The molecule has 0 aliphatic heterocycles. The second-order valence-electron chi connectivity index (χ2n) is 3.62. The second-order valence-corrected chi connectivity index (χ2v) is 3.62. The molecule has 6 heteroatoms. The van der Waals surface area contributed by atoms with Crippen molar-refractivity contribution >= 4 is 28.5 Å². The Labute approximate surface area is 95.8 Å². The number of aryl methyl sites for hydroxylation is 1. The zero-order valence-electron chi connectivity index (χ0n) is 9.31. The number of ketones is 1. The van der Waals surface area contributed by atoms with Gasteiger partial charge < -0.3 is 9.73 Å². The van der Waals surface area contributed by atoms with Gasteiger partial charge in [0, 0.05) is 25.7 Å². The number of rotatable bonds is 2. The third-order valence-corrected chi connectivity index (χ3v) is 2.37. The van der Waals surface area contributed by atoms with E-state index in [9.17, 15) is 14.4 Å². The second kappa shape index (κ2) is 3.89. The van der Waals surface area contributed by atoms with E-state index in [1.54, 1.807) is 19.2 Å². The van der Waals surface area contributed by atoms with E-state index >= 15 is 0 Å². The number of hydrogen-bond donors (Lipinski definition) is 1. The highest BCUT2D eigenvalue weighted by molar-refractivity contribution is 6.39. The highest BCUT2D eigenvalue weighted by Crippen LogP contribution is 2.17. The molecule has 2 aromatic rings. The van der Waals surface area contributed by atoms with Crippen molar-refractivity contribution in [2.24, 2.45) is 7.05 Å². The average molecular weight is 234 g/mol. The first-order valence-electron chi connectivity index (χ1n) is 4.90. The van der Waals surface area contributed by atoms with Gasteiger partial charge in [-0.2, -0.15) is 0 Å². The standard InChI is InChI=1S/C11H10N2O4/c1-6(14)10(15)12-7-3-4-8-9(5-7)17-11(16)13(8)2/h3-5H,1-2H3,(H,12,15). The zero-order valence-corrected chi connectivity index (χ0v) is 9.31. The molecule has 0 bridgehead atoms. The molecule has 2 rings (SSSR count). The van der Waals surface area contributed by atoms with E-state index in [2.05, 4.69) is 5.32 Å². The van der Waals surface area contributed by atoms with E-state index in [4.69, 9.17) is 4.42 Å². The molecule has 0 aliphatic rings. The largest absolute Gasteiger partial charge is 0.419 e. The predicted octanol–water partition coefficient (Wildman–Crippen LogP) is 0.659. The van der Waals surface area contributed by atoms with Gasteiger partial charge in [0.05, 0.1) is 5.52 Å². The summed E-state index contributed by atoms with van der Waals surface area (Å²) in [6.07, 6.45) is 0. The molecule has 0 saturated carbocycles.